The highest BCUT2D eigenvalue weighted by Crippen LogP contribution is 2.35. The molecule has 1 aliphatic heterocycles. The first-order valence-electron chi connectivity index (χ1n) is 7.26. The van der Waals surface area contributed by atoms with E-state index in [0.29, 0.717) is 17.2 Å². The van der Waals surface area contributed by atoms with Crippen LogP contribution in [0.25, 0.3) is 0 Å². The molecule has 1 aromatic rings. The van der Waals surface area contributed by atoms with E-state index < -0.39 is 11.6 Å². The third kappa shape index (κ3) is 2.69. The molecule has 21 heavy (non-hydrogen) atoms. The SMILES string of the molecule is CCC1(CC)NC(=O)C(C)N(C(C)c2ccc(Cl)s2)C1=O. The van der Waals surface area contributed by atoms with E-state index in [2.05, 4.69) is 5.32 Å². The maximum atomic E-state index is 13.0. The summed E-state index contributed by atoms with van der Waals surface area (Å²) in [5, 5.41) is 2.92. The van der Waals surface area contributed by atoms with E-state index in [0.717, 1.165) is 4.88 Å². The minimum absolute atomic E-state index is 0.00313. The molecule has 2 rings (SSSR count). The molecule has 0 bridgehead atoms. The maximum Gasteiger partial charge on any atom is 0.249 e. The van der Waals surface area contributed by atoms with Gasteiger partial charge in [-0.1, -0.05) is 25.4 Å². The predicted octanol–water partition coefficient (Wildman–Crippen LogP) is 3.37. The van der Waals surface area contributed by atoms with Gasteiger partial charge < -0.3 is 10.2 Å². The van der Waals surface area contributed by atoms with Gasteiger partial charge in [0, 0.05) is 4.88 Å². The number of carbonyl (C=O) groups excluding carboxylic acids is 2. The fourth-order valence-electron chi connectivity index (χ4n) is 2.87. The molecular formula is C15H21ClN2O2S. The molecule has 116 valence electrons. The van der Waals surface area contributed by atoms with Gasteiger partial charge in [-0.25, -0.2) is 0 Å². The fourth-order valence-corrected chi connectivity index (χ4v) is 3.99. The molecule has 1 aliphatic rings. The van der Waals surface area contributed by atoms with Crippen molar-refractivity contribution < 1.29 is 9.59 Å². The normalized spacial score (nSPS) is 23.1. The van der Waals surface area contributed by atoms with Crippen LogP contribution in [-0.4, -0.2) is 28.3 Å². The number of halogens is 1. The molecule has 4 nitrogen and oxygen atoms in total. The summed E-state index contributed by atoms with van der Waals surface area (Å²) >= 11 is 7.44. The van der Waals surface area contributed by atoms with Crippen LogP contribution in [0.2, 0.25) is 4.34 Å². The van der Waals surface area contributed by atoms with Crippen molar-refractivity contribution in [2.75, 3.05) is 0 Å². The molecule has 1 N–H and O–H groups in total. The zero-order chi connectivity index (χ0) is 15.8. The Kier molecular flexibility index (Phi) is 4.63. The summed E-state index contributed by atoms with van der Waals surface area (Å²) in [4.78, 5) is 28.0. The second-order valence-electron chi connectivity index (χ2n) is 5.48. The largest absolute Gasteiger partial charge is 0.340 e. The summed E-state index contributed by atoms with van der Waals surface area (Å²) in [5.41, 5.74) is -0.779. The van der Waals surface area contributed by atoms with Gasteiger partial charge in [-0.05, 0) is 38.8 Å². The lowest BCUT2D eigenvalue weighted by Gasteiger charge is -2.46. The predicted molar refractivity (Wildman–Crippen MR) is 85.5 cm³/mol. The molecule has 2 heterocycles. The number of rotatable bonds is 4. The molecule has 0 saturated carbocycles. The summed E-state index contributed by atoms with van der Waals surface area (Å²) in [5.74, 6) is -0.0931. The monoisotopic (exact) mass is 328 g/mol. The minimum atomic E-state index is -0.779. The molecule has 1 aromatic heterocycles. The van der Waals surface area contributed by atoms with Crippen LogP contribution >= 0.6 is 22.9 Å². The highest BCUT2D eigenvalue weighted by atomic mass is 35.5. The van der Waals surface area contributed by atoms with Crippen molar-refractivity contribution in [2.45, 2.75) is 58.2 Å². The third-order valence-corrected chi connectivity index (χ3v) is 5.83. The first-order chi connectivity index (χ1) is 9.86. The van der Waals surface area contributed by atoms with E-state index in [1.165, 1.54) is 11.3 Å². The van der Waals surface area contributed by atoms with Crippen molar-refractivity contribution in [3.8, 4) is 0 Å². The van der Waals surface area contributed by atoms with Crippen LogP contribution in [0.3, 0.4) is 0 Å². The number of piperazine rings is 1. The molecule has 1 fully saturated rings. The van der Waals surface area contributed by atoms with Crippen LogP contribution in [0.15, 0.2) is 12.1 Å². The Bertz CT molecular complexity index is 554. The van der Waals surface area contributed by atoms with E-state index in [4.69, 9.17) is 11.6 Å². The molecule has 2 amide bonds. The van der Waals surface area contributed by atoms with Crippen molar-refractivity contribution >= 4 is 34.8 Å². The highest BCUT2D eigenvalue weighted by Gasteiger charge is 2.49. The van der Waals surface area contributed by atoms with Crippen LogP contribution < -0.4 is 5.32 Å². The maximum absolute atomic E-state index is 13.0. The molecule has 2 unspecified atom stereocenters. The van der Waals surface area contributed by atoms with Crippen molar-refractivity contribution in [1.29, 1.82) is 0 Å². The Hall–Kier alpha value is -1.07. The summed E-state index contributed by atoms with van der Waals surface area (Å²) in [6.07, 6.45) is 1.18. The molecule has 0 aromatic carbocycles. The minimum Gasteiger partial charge on any atom is -0.340 e. The van der Waals surface area contributed by atoms with Crippen molar-refractivity contribution in [1.82, 2.24) is 10.2 Å². The number of nitrogens with one attached hydrogen (secondary N) is 1. The average molecular weight is 329 g/mol. The van der Waals surface area contributed by atoms with Crippen molar-refractivity contribution in [3.63, 3.8) is 0 Å². The highest BCUT2D eigenvalue weighted by molar-refractivity contribution is 7.16. The second-order valence-corrected chi connectivity index (χ2v) is 7.23. The second kappa shape index (κ2) is 5.97. The summed E-state index contributed by atoms with van der Waals surface area (Å²) < 4.78 is 0.690. The quantitative estimate of drug-likeness (QED) is 0.921. The molecule has 0 spiro atoms. The van der Waals surface area contributed by atoms with Crippen LogP contribution in [0.5, 0.6) is 0 Å². The molecule has 2 atom stereocenters. The first kappa shape index (κ1) is 16.3. The molecular weight excluding hydrogens is 308 g/mol. The third-order valence-electron chi connectivity index (χ3n) is 4.43. The summed E-state index contributed by atoms with van der Waals surface area (Å²) in [7, 11) is 0. The number of nitrogens with zero attached hydrogens (tertiary/aromatic N) is 1. The zero-order valence-corrected chi connectivity index (χ0v) is 14.3. The Balaban J connectivity index is 2.39. The van der Waals surface area contributed by atoms with Crippen LogP contribution in [-0.2, 0) is 9.59 Å². The van der Waals surface area contributed by atoms with Gasteiger partial charge in [0.05, 0.1) is 10.4 Å². The van der Waals surface area contributed by atoms with Gasteiger partial charge in [-0.15, -0.1) is 11.3 Å². The topological polar surface area (TPSA) is 49.4 Å². The number of hydrogen-bond acceptors (Lipinski definition) is 3. The van der Waals surface area contributed by atoms with E-state index in [1.54, 1.807) is 11.8 Å². The number of amides is 2. The van der Waals surface area contributed by atoms with Gasteiger partial charge in [0.1, 0.15) is 11.6 Å². The molecule has 0 aliphatic carbocycles. The van der Waals surface area contributed by atoms with Gasteiger partial charge in [-0.3, -0.25) is 9.59 Å². The van der Waals surface area contributed by atoms with E-state index in [1.807, 2.05) is 32.9 Å². The Morgan fingerprint density at radius 2 is 2.00 bits per heavy atom. The number of hydrogen-bond donors (Lipinski definition) is 1. The van der Waals surface area contributed by atoms with E-state index in [9.17, 15) is 9.59 Å². The molecule has 1 saturated heterocycles. The Morgan fingerprint density at radius 1 is 1.38 bits per heavy atom. The van der Waals surface area contributed by atoms with Gasteiger partial charge >= 0.3 is 0 Å². The summed E-state index contributed by atoms with van der Waals surface area (Å²) in [6, 6.07) is 3.11. The lowest BCUT2D eigenvalue weighted by Crippen LogP contribution is -2.69. The standard InChI is InChI=1S/C15H21ClN2O2S/c1-5-15(6-2)14(20)18(10(4)13(19)17-15)9(3)11-7-8-12(16)21-11/h7-10H,5-6H2,1-4H3,(H,17,19). The van der Waals surface area contributed by atoms with Gasteiger partial charge in [-0.2, -0.15) is 0 Å². The first-order valence-corrected chi connectivity index (χ1v) is 8.45. The summed E-state index contributed by atoms with van der Waals surface area (Å²) in [6.45, 7) is 7.59. The smallest absolute Gasteiger partial charge is 0.249 e. The zero-order valence-electron chi connectivity index (χ0n) is 12.8. The fraction of sp³-hybridized carbons (Fsp3) is 0.600. The van der Waals surface area contributed by atoms with Gasteiger partial charge in [0.15, 0.2) is 0 Å². The Morgan fingerprint density at radius 3 is 2.48 bits per heavy atom. The van der Waals surface area contributed by atoms with Gasteiger partial charge in [0.25, 0.3) is 0 Å². The Labute approximate surface area is 134 Å². The lowest BCUT2D eigenvalue weighted by atomic mass is 9.86. The van der Waals surface area contributed by atoms with Crippen LogP contribution in [0.4, 0.5) is 0 Å². The molecule has 0 radical (unpaired) electrons. The van der Waals surface area contributed by atoms with E-state index in [-0.39, 0.29) is 17.9 Å². The average Bonchev–Trinajstić information content (AvgIpc) is 2.90. The lowest BCUT2D eigenvalue weighted by molar-refractivity contribution is -0.157. The van der Waals surface area contributed by atoms with Crippen LogP contribution in [0, 0.1) is 0 Å². The van der Waals surface area contributed by atoms with E-state index >= 15 is 0 Å². The van der Waals surface area contributed by atoms with Crippen molar-refractivity contribution in [2.24, 2.45) is 0 Å². The molecule has 6 heteroatoms. The van der Waals surface area contributed by atoms with Crippen molar-refractivity contribution in [3.05, 3.63) is 21.3 Å². The number of thiophene rings is 1. The number of carbonyl (C=O) groups is 2. The van der Waals surface area contributed by atoms with Gasteiger partial charge in [0.2, 0.25) is 11.8 Å². The van der Waals surface area contributed by atoms with Crippen LogP contribution in [0.1, 0.15) is 51.5 Å².